The predicted molar refractivity (Wildman–Crippen MR) is 83.2 cm³/mol. The molecule has 1 atom stereocenters. The van der Waals surface area contributed by atoms with Crippen molar-refractivity contribution in [3.8, 4) is 11.4 Å². The van der Waals surface area contributed by atoms with E-state index in [0.717, 1.165) is 11.3 Å². The maximum Gasteiger partial charge on any atom is 0.235 e. The summed E-state index contributed by atoms with van der Waals surface area (Å²) in [6.07, 6.45) is 0. The molecule has 2 N–H and O–H groups in total. The molecule has 0 bridgehead atoms. The van der Waals surface area contributed by atoms with Crippen molar-refractivity contribution in [1.82, 2.24) is 10.1 Å². The lowest BCUT2D eigenvalue weighted by molar-refractivity contribution is 0.372. The Morgan fingerprint density at radius 2 is 2.05 bits per heavy atom. The molecule has 0 spiro atoms. The molecule has 1 aliphatic heterocycles. The number of benzene rings is 2. The number of thioether (sulfide) groups is 1. The second-order valence-corrected chi connectivity index (χ2v) is 6.04. The van der Waals surface area contributed by atoms with Crippen LogP contribution in [-0.2, 0) is 0 Å². The summed E-state index contributed by atoms with van der Waals surface area (Å²) in [6, 6.07) is 15.9. The van der Waals surface area contributed by atoms with Crippen LogP contribution in [0.5, 0.6) is 0 Å². The zero-order chi connectivity index (χ0) is 14.2. The third-order valence-corrected chi connectivity index (χ3v) is 4.77. The average Bonchev–Trinajstić information content (AvgIpc) is 3.14. The number of hydrogen-bond acceptors (Lipinski definition) is 5. The fraction of sp³-hybridized carbons (Fsp3) is 0.125. The molecule has 0 saturated heterocycles. The van der Waals surface area contributed by atoms with E-state index in [0.29, 0.717) is 17.4 Å². The smallest absolute Gasteiger partial charge is 0.235 e. The van der Waals surface area contributed by atoms with Crippen LogP contribution in [0.25, 0.3) is 11.4 Å². The summed E-state index contributed by atoms with van der Waals surface area (Å²) in [5, 5.41) is 4.09. The first-order valence-corrected chi connectivity index (χ1v) is 7.71. The summed E-state index contributed by atoms with van der Waals surface area (Å²) in [7, 11) is 0. The van der Waals surface area contributed by atoms with E-state index in [1.54, 1.807) is 0 Å². The van der Waals surface area contributed by atoms with E-state index in [4.69, 9.17) is 10.3 Å². The molecule has 1 unspecified atom stereocenters. The van der Waals surface area contributed by atoms with Gasteiger partial charge >= 0.3 is 0 Å². The highest BCUT2D eigenvalue weighted by molar-refractivity contribution is 7.99. The molecule has 0 saturated carbocycles. The Kier molecular flexibility index (Phi) is 2.93. The van der Waals surface area contributed by atoms with Gasteiger partial charge in [0.25, 0.3) is 0 Å². The number of nitrogens with zero attached hydrogens (tertiary/aromatic N) is 2. The fourth-order valence-electron chi connectivity index (χ4n) is 2.54. The molecule has 21 heavy (non-hydrogen) atoms. The molecule has 3 aromatic rings. The van der Waals surface area contributed by atoms with Gasteiger partial charge in [-0.05, 0) is 23.8 Å². The summed E-state index contributed by atoms with van der Waals surface area (Å²) in [4.78, 5) is 5.85. The van der Waals surface area contributed by atoms with E-state index in [1.165, 1.54) is 10.5 Å². The number of hydrogen-bond donors (Lipinski definition) is 1. The quantitative estimate of drug-likeness (QED) is 0.732. The van der Waals surface area contributed by atoms with Crippen LogP contribution < -0.4 is 5.73 Å². The standard InChI is InChI=1S/C16H13N3OS/c17-11-5-3-4-10(8-11)15-18-16(20-19-15)13-9-21-14-7-2-1-6-12(13)14/h1-8,13H,9,17H2. The minimum atomic E-state index is 0.175. The van der Waals surface area contributed by atoms with Crippen molar-refractivity contribution in [3.05, 3.63) is 60.0 Å². The van der Waals surface area contributed by atoms with Gasteiger partial charge in [0.1, 0.15) is 0 Å². The molecule has 4 nitrogen and oxygen atoms in total. The van der Waals surface area contributed by atoms with Crippen LogP contribution in [0.4, 0.5) is 5.69 Å². The topological polar surface area (TPSA) is 64.9 Å². The summed E-state index contributed by atoms with van der Waals surface area (Å²) in [5.74, 6) is 2.38. The third kappa shape index (κ3) is 2.19. The summed E-state index contributed by atoms with van der Waals surface area (Å²) in [6.45, 7) is 0. The molecule has 1 aliphatic rings. The SMILES string of the molecule is Nc1cccc(-c2noc(C3CSc4ccccc43)n2)c1. The summed E-state index contributed by atoms with van der Waals surface area (Å²) >= 11 is 1.83. The van der Waals surface area contributed by atoms with Crippen molar-refractivity contribution in [3.63, 3.8) is 0 Å². The van der Waals surface area contributed by atoms with Crippen molar-refractivity contribution in [2.75, 3.05) is 11.5 Å². The minimum Gasteiger partial charge on any atom is -0.399 e. The van der Waals surface area contributed by atoms with Crippen LogP contribution in [0.1, 0.15) is 17.4 Å². The van der Waals surface area contributed by atoms with Crippen molar-refractivity contribution in [2.24, 2.45) is 0 Å². The number of nitrogen functional groups attached to an aromatic ring is 1. The van der Waals surface area contributed by atoms with Gasteiger partial charge < -0.3 is 10.3 Å². The van der Waals surface area contributed by atoms with E-state index in [2.05, 4.69) is 28.3 Å². The highest BCUT2D eigenvalue weighted by Gasteiger charge is 2.29. The molecule has 0 radical (unpaired) electrons. The van der Waals surface area contributed by atoms with Crippen LogP contribution in [0.3, 0.4) is 0 Å². The lowest BCUT2D eigenvalue weighted by Crippen LogP contribution is -1.99. The Labute approximate surface area is 126 Å². The van der Waals surface area contributed by atoms with Gasteiger partial charge in [-0.15, -0.1) is 11.8 Å². The molecule has 0 aliphatic carbocycles. The van der Waals surface area contributed by atoms with E-state index in [1.807, 2.05) is 42.1 Å². The van der Waals surface area contributed by atoms with Gasteiger partial charge in [-0.3, -0.25) is 0 Å². The Hall–Kier alpha value is -2.27. The first kappa shape index (κ1) is 12.5. The molecule has 1 aromatic heterocycles. The molecular weight excluding hydrogens is 282 g/mol. The number of nitrogens with two attached hydrogens (primary N) is 1. The molecule has 0 fully saturated rings. The van der Waals surface area contributed by atoms with Gasteiger partial charge in [-0.25, -0.2) is 0 Å². The summed E-state index contributed by atoms with van der Waals surface area (Å²) in [5.41, 5.74) is 8.64. The summed E-state index contributed by atoms with van der Waals surface area (Å²) < 4.78 is 5.48. The minimum absolute atomic E-state index is 0.175. The third-order valence-electron chi connectivity index (χ3n) is 3.58. The zero-order valence-electron chi connectivity index (χ0n) is 11.2. The van der Waals surface area contributed by atoms with Gasteiger partial charge in [0.05, 0.1) is 5.92 Å². The highest BCUT2D eigenvalue weighted by atomic mass is 32.2. The number of rotatable bonds is 2. The fourth-order valence-corrected chi connectivity index (χ4v) is 3.76. The van der Waals surface area contributed by atoms with Crippen LogP contribution >= 0.6 is 11.8 Å². The molecule has 2 aromatic carbocycles. The van der Waals surface area contributed by atoms with E-state index in [-0.39, 0.29) is 5.92 Å². The Morgan fingerprint density at radius 1 is 1.14 bits per heavy atom. The van der Waals surface area contributed by atoms with E-state index >= 15 is 0 Å². The molecule has 2 heterocycles. The average molecular weight is 295 g/mol. The first-order chi connectivity index (χ1) is 10.3. The van der Waals surface area contributed by atoms with Gasteiger partial charge in [-0.2, -0.15) is 4.98 Å². The van der Waals surface area contributed by atoms with Gasteiger partial charge in [0, 0.05) is 21.9 Å². The zero-order valence-corrected chi connectivity index (χ0v) is 12.0. The van der Waals surface area contributed by atoms with Gasteiger partial charge in [0.15, 0.2) is 0 Å². The van der Waals surface area contributed by atoms with Crippen LogP contribution in [0.2, 0.25) is 0 Å². The van der Waals surface area contributed by atoms with Crippen molar-refractivity contribution in [2.45, 2.75) is 10.8 Å². The molecule has 104 valence electrons. The van der Waals surface area contributed by atoms with E-state index in [9.17, 15) is 0 Å². The van der Waals surface area contributed by atoms with Gasteiger partial charge in [0.2, 0.25) is 11.7 Å². The number of aromatic nitrogens is 2. The maximum atomic E-state index is 5.80. The Balaban J connectivity index is 1.70. The lowest BCUT2D eigenvalue weighted by atomic mass is 10.0. The monoisotopic (exact) mass is 295 g/mol. The van der Waals surface area contributed by atoms with Crippen LogP contribution in [-0.4, -0.2) is 15.9 Å². The maximum absolute atomic E-state index is 5.80. The molecule has 5 heteroatoms. The highest BCUT2D eigenvalue weighted by Crippen LogP contribution is 2.42. The second-order valence-electron chi connectivity index (χ2n) is 4.98. The molecular formula is C16H13N3OS. The van der Waals surface area contributed by atoms with E-state index < -0.39 is 0 Å². The second kappa shape index (κ2) is 4.93. The largest absolute Gasteiger partial charge is 0.399 e. The van der Waals surface area contributed by atoms with Crippen molar-refractivity contribution >= 4 is 17.4 Å². The first-order valence-electron chi connectivity index (χ1n) is 6.72. The van der Waals surface area contributed by atoms with Crippen LogP contribution in [0, 0.1) is 0 Å². The van der Waals surface area contributed by atoms with Crippen LogP contribution in [0.15, 0.2) is 57.9 Å². The van der Waals surface area contributed by atoms with Gasteiger partial charge in [-0.1, -0.05) is 35.5 Å². The Bertz CT molecular complexity index is 799. The molecule has 4 rings (SSSR count). The number of anilines is 1. The number of fused-ring (bicyclic) bond motifs is 1. The Morgan fingerprint density at radius 3 is 2.95 bits per heavy atom. The van der Waals surface area contributed by atoms with Crippen molar-refractivity contribution in [1.29, 1.82) is 0 Å². The normalized spacial score (nSPS) is 16.9. The lowest BCUT2D eigenvalue weighted by Gasteiger charge is -2.03. The molecule has 0 amide bonds. The van der Waals surface area contributed by atoms with Crippen molar-refractivity contribution < 1.29 is 4.52 Å². The predicted octanol–water partition coefficient (Wildman–Crippen LogP) is 3.56.